The Balaban J connectivity index is 2.12. The summed E-state index contributed by atoms with van der Waals surface area (Å²) in [5.41, 5.74) is 1.50. The van der Waals surface area contributed by atoms with E-state index in [4.69, 9.17) is 5.11 Å². The monoisotopic (exact) mass is 326 g/mol. The molecule has 1 heterocycles. The number of aryl methyl sites for hydroxylation is 1. The predicted molar refractivity (Wildman–Crippen MR) is 80.7 cm³/mol. The van der Waals surface area contributed by atoms with Crippen LogP contribution in [0.25, 0.3) is 0 Å². The zero-order chi connectivity index (χ0) is 15.6. The molecule has 1 aromatic carbocycles. The Labute approximate surface area is 126 Å². The van der Waals surface area contributed by atoms with Crippen LogP contribution in [-0.4, -0.2) is 30.1 Å². The quantitative estimate of drug-likeness (QED) is 0.874. The summed E-state index contributed by atoms with van der Waals surface area (Å²) >= 11 is 1.09. The summed E-state index contributed by atoms with van der Waals surface area (Å²) in [6.45, 7) is 2.04. The molecule has 0 aliphatic heterocycles. The average Bonchev–Trinajstić information content (AvgIpc) is 2.77. The lowest BCUT2D eigenvalue weighted by molar-refractivity contribution is 0.0697. The highest BCUT2D eigenvalue weighted by atomic mass is 32.2. The third kappa shape index (κ3) is 3.59. The standard InChI is InChI=1S/C13H14N2O4S2/c1-8-11(13(16)17)12(20-15-8)14-7-9-3-5-10(6-4-9)21(2,18)19/h3-6,14H,7H2,1-2H3,(H,16,17). The van der Waals surface area contributed by atoms with E-state index in [1.54, 1.807) is 19.1 Å². The van der Waals surface area contributed by atoms with Gasteiger partial charge in [0.15, 0.2) is 9.84 Å². The van der Waals surface area contributed by atoms with Crippen molar-refractivity contribution >= 4 is 32.3 Å². The van der Waals surface area contributed by atoms with Gasteiger partial charge in [0, 0.05) is 12.8 Å². The summed E-state index contributed by atoms with van der Waals surface area (Å²) in [5.74, 6) is -1.02. The molecule has 1 aromatic heterocycles. The van der Waals surface area contributed by atoms with Gasteiger partial charge >= 0.3 is 5.97 Å². The Morgan fingerprint density at radius 2 is 1.95 bits per heavy atom. The minimum absolute atomic E-state index is 0.174. The molecule has 0 unspecified atom stereocenters. The van der Waals surface area contributed by atoms with Gasteiger partial charge in [-0.2, -0.15) is 4.37 Å². The van der Waals surface area contributed by atoms with Crippen LogP contribution in [0.15, 0.2) is 29.2 Å². The molecule has 0 radical (unpaired) electrons. The first-order chi connectivity index (χ1) is 9.79. The van der Waals surface area contributed by atoms with Crippen LogP contribution in [0.2, 0.25) is 0 Å². The maximum atomic E-state index is 11.4. The maximum absolute atomic E-state index is 11.4. The van der Waals surface area contributed by atoms with E-state index < -0.39 is 15.8 Å². The summed E-state index contributed by atoms with van der Waals surface area (Å²) in [6.07, 6.45) is 1.15. The summed E-state index contributed by atoms with van der Waals surface area (Å²) < 4.78 is 26.7. The number of hydrogen-bond donors (Lipinski definition) is 2. The first-order valence-corrected chi connectivity index (χ1v) is 8.68. The number of rotatable bonds is 5. The van der Waals surface area contributed by atoms with E-state index in [1.165, 1.54) is 12.1 Å². The normalized spacial score (nSPS) is 11.3. The molecule has 2 aromatic rings. The molecule has 0 bridgehead atoms. The Morgan fingerprint density at radius 3 is 2.48 bits per heavy atom. The molecule has 8 heteroatoms. The lowest BCUT2D eigenvalue weighted by Gasteiger charge is -2.06. The zero-order valence-electron chi connectivity index (χ0n) is 11.5. The van der Waals surface area contributed by atoms with Crippen LogP contribution in [0.4, 0.5) is 5.00 Å². The molecule has 6 nitrogen and oxygen atoms in total. The molecule has 0 fully saturated rings. The average molecular weight is 326 g/mol. The number of carboxylic acid groups (broad SMARTS) is 1. The van der Waals surface area contributed by atoms with E-state index in [2.05, 4.69) is 9.69 Å². The van der Waals surface area contributed by atoms with E-state index in [0.717, 1.165) is 23.4 Å². The fourth-order valence-corrected chi connectivity index (χ4v) is 3.19. The van der Waals surface area contributed by atoms with Gasteiger partial charge in [-0.3, -0.25) is 0 Å². The van der Waals surface area contributed by atoms with Crippen molar-refractivity contribution in [1.29, 1.82) is 0 Å². The smallest absolute Gasteiger partial charge is 0.340 e. The SMILES string of the molecule is Cc1nsc(NCc2ccc(S(C)(=O)=O)cc2)c1C(=O)O. The number of anilines is 1. The summed E-state index contributed by atoms with van der Waals surface area (Å²) in [7, 11) is -3.21. The first kappa shape index (κ1) is 15.5. The highest BCUT2D eigenvalue weighted by Gasteiger charge is 2.17. The number of aromatic carboxylic acids is 1. The number of carboxylic acids is 1. The molecule has 21 heavy (non-hydrogen) atoms. The van der Waals surface area contributed by atoms with E-state index in [-0.39, 0.29) is 10.5 Å². The van der Waals surface area contributed by atoms with E-state index in [1.807, 2.05) is 0 Å². The summed E-state index contributed by atoms with van der Waals surface area (Å²) in [4.78, 5) is 11.4. The number of carbonyl (C=O) groups is 1. The van der Waals surface area contributed by atoms with Gasteiger partial charge < -0.3 is 10.4 Å². The molecule has 0 aliphatic rings. The molecule has 112 valence electrons. The Morgan fingerprint density at radius 1 is 1.33 bits per heavy atom. The van der Waals surface area contributed by atoms with E-state index >= 15 is 0 Å². The van der Waals surface area contributed by atoms with Gasteiger partial charge in [0.25, 0.3) is 0 Å². The number of hydrogen-bond acceptors (Lipinski definition) is 6. The van der Waals surface area contributed by atoms with Gasteiger partial charge in [0.1, 0.15) is 10.6 Å². The topological polar surface area (TPSA) is 96.4 Å². The van der Waals surface area contributed by atoms with Crippen molar-refractivity contribution in [2.45, 2.75) is 18.4 Å². The molecule has 0 amide bonds. The maximum Gasteiger partial charge on any atom is 0.340 e. The van der Waals surface area contributed by atoms with Crippen LogP contribution in [0, 0.1) is 6.92 Å². The molecule has 0 spiro atoms. The van der Waals surface area contributed by atoms with Crippen LogP contribution < -0.4 is 5.32 Å². The van der Waals surface area contributed by atoms with Gasteiger partial charge in [0.2, 0.25) is 0 Å². The van der Waals surface area contributed by atoms with Crippen molar-refractivity contribution in [3.63, 3.8) is 0 Å². The van der Waals surface area contributed by atoms with Gasteiger partial charge in [-0.15, -0.1) is 0 Å². The van der Waals surface area contributed by atoms with Crippen molar-refractivity contribution in [3.05, 3.63) is 41.1 Å². The summed E-state index contributed by atoms with van der Waals surface area (Å²) in [6, 6.07) is 6.44. The molecule has 0 atom stereocenters. The molecular weight excluding hydrogens is 312 g/mol. The fourth-order valence-electron chi connectivity index (χ4n) is 1.78. The van der Waals surface area contributed by atoms with E-state index in [0.29, 0.717) is 17.2 Å². The van der Waals surface area contributed by atoms with Crippen molar-refractivity contribution in [3.8, 4) is 0 Å². The lowest BCUT2D eigenvalue weighted by atomic mass is 10.2. The van der Waals surface area contributed by atoms with Crippen LogP contribution in [0.1, 0.15) is 21.6 Å². The highest BCUT2D eigenvalue weighted by molar-refractivity contribution is 7.90. The predicted octanol–water partition coefficient (Wildman–Crippen LogP) is 2.17. The van der Waals surface area contributed by atoms with Crippen molar-refractivity contribution < 1.29 is 18.3 Å². The van der Waals surface area contributed by atoms with E-state index in [9.17, 15) is 13.2 Å². The molecular formula is C13H14N2O4S2. The van der Waals surface area contributed by atoms with Gasteiger partial charge in [-0.25, -0.2) is 13.2 Å². The van der Waals surface area contributed by atoms with Crippen molar-refractivity contribution in [2.24, 2.45) is 0 Å². The number of nitrogens with zero attached hydrogens (tertiary/aromatic N) is 1. The fraction of sp³-hybridized carbons (Fsp3) is 0.231. The lowest BCUT2D eigenvalue weighted by Crippen LogP contribution is -2.05. The van der Waals surface area contributed by atoms with Gasteiger partial charge in [0.05, 0.1) is 10.6 Å². The second-order valence-corrected chi connectivity index (χ2v) is 7.34. The van der Waals surface area contributed by atoms with Gasteiger partial charge in [-0.1, -0.05) is 12.1 Å². The van der Waals surface area contributed by atoms with Crippen LogP contribution in [0.3, 0.4) is 0 Å². The van der Waals surface area contributed by atoms with Crippen LogP contribution in [0.5, 0.6) is 0 Å². The number of sulfone groups is 1. The zero-order valence-corrected chi connectivity index (χ0v) is 13.1. The highest BCUT2D eigenvalue weighted by Crippen LogP contribution is 2.25. The second-order valence-electron chi connectivity index (χ2n) is 4.55. The Hall–Kier alpha value is -1.93. The number of benzene rings is 1. The minimum Gasteiger partial charge on any atom is -0.478 e. The molecule has 2 N–H and O–H groups in total. The molecule has 0 aliphatic carbocycles. The third-order valence-electron chi connectivity index (χ3n) is 2.88. The number of nitrogens with one attached hydrogen (secondary N) is 1. The van der Waals surface area contributed by atoms with Crippen molar-refractivity contribution in [2.75, 3.05) is 11.6 Å². The third-order valence-corrected chi connectivity index (χ3v) is 4.91. The summed E-state index contributed by atoms with van der Waals surface area (Å²) in [5, 5.41) is 12.6. The molecule has 0 saturated heterocycles. The molecule has 0 saturated carbocycles. The van der Waals surface area contributed by atoms with Crippen molar-refractivity contribution in [1.82, 2.24) is 4.37 Å². The van der Waals surface area contributed by atoms with Crippen LogP contribution in [-0.2, 0) is 16.4 Å². The number of aromatic nitrogens is 1. The Bertz CT molecular complexity index is 764. The largest absolute Gasteiger partial charge is 0.478 e. The minimum atomic E-state index is -3.21. The van der Waals surface area contributed by atoms with Crippen LogP contribution >= 0.6 is 11.5 Å². The molecule has 2 rings (SSSR count). The second kappa shape index (κ2) is 5.82. The Kier molecular flexibility index (Phi) is 4.29. The van der Waals surface area contributed by atoms with Gasteiger partial charge in [-0.05, 0) is 36.2 Å². The first-order valence-electron chi connectivity index (χ1n) is 6.01.